The molecule has 1 amide bonds. The lowest BCUT2D eigenvalue weighted by atomic mass is 10.1. The zero-order valence-corrected chi connectivity index (χ0v) is 11.0. The predicted octanol–water partition coefficient (Wildman–Crippen LogP) is 0.0398. The third-order valence-corrected chi connectivity index (χ3v) is 3.26. The molecule has 1 aliphatic rings. The smallest absolute Gasteiger partial charge is 0.328 e. The molecule has 0 bridgehead atoms. The van der Waals surface area contributed by atoms with Gasteiger partial charge in [-0.15, -0.1) is 0 Å². The average Bonchev–Trinajstić information content (AvgIpc) is 2.91. The summed E-state index contributed by atoms with van der Waals surface area (Å²) in [5, 5.41) is 13.4. The minimum atomic E-state index is -0.763. The molecule has 2 heterocycles. The lowest BCUT2D eigenvalue weighted by molar-refractivity contribution is -0.145. The number of hydrogen-bond acceptors (Lipinski definition) is 6. The molecule has 104 valence electrons. The van der Waals surface area contributed by atoms with E-state index in [1.807, 2.05) is 0 Å². The van der Waals surface area contributed by atoms with Crippen LogP contribution in [0.2, 0.25) is 0 Å². The molecule has 7 nitrogen and oxygen atoms in total. The van der Waals surface area contributed by atoms with Crippen molar-refractivity contribution in [3.05, 3.63) is 17.0 Å². The molecule has 1 N–H and O–H groups in total. The highest BCUT2D eigenvalue weighted by atomic mass is 16.5. The molecule has 1 fully saturated rings. The lowest BCUT2D eigenvalue weighted by Crippen LogP contribution is -2.41. The van der Waals surface area contributed by atoms with Gasteiger partial charge in [0.25, 0.3) is 5.91 Å². The van der Waals surface area contributed by atoms with E-state index in [1.165, 1.54) is 12.0 Å². The number of carbonyl (C=O) groups is 2. The maximum Gasteiger partial charge on any atom is 0.328 e. The standard InChI is InChI=1S/C12H16N2O5/c1-6-10(7(2)19-13-6)11(16)14-5-8(15)4-9(14)12(17)18-3/h8-9,15H,4-5H2,1-3H3. The Kier molecular flexibility index (Phi) is 3.57. The molecule has 0 radical (unpaired) electrons. The van der Waals surface area contributed by atoms with Gasteiger partial charge in [-0.05, 0) is 13.8 Å². The highest BCUT2D eigenvalue weighted by Crippen LogP contribution is 2.24. The summed E-state index contributed by atoms with van der Waals surface area (Å²) in [5.74, 6) is -0.507. The number of β-amino-alcohol motifs (C(OH)–C–C–N with tert-alkyl or cyclic N) is 1. The normalized spacial score (nSPS) is 22.6. The molecule has 0 saturated carbocycles. The van der Waals surface area contributed by atoms with Crippen LogP contribution in [0.4, 0.5) is 0 Å². The van der Waals surface area contributed by atoms with Gasteiger partial charge in [-0.1, -0.05) is 5.16 Å². The summed E-state index contributed by atoms with van der Waals surface area (Å²) >= 11 is 0. The number of esters is 1. The zero-order chi connectivity index (χ0) is 14.2. The largest absolute Gasteiger partial charge is 0.467 e. The Hall–Kier alpha value is -1.89. The van der Waals surface area contributed by atoms with Gasteiger partial charge < -0.3 is 19.3 Å². The predicted molar refractivity (Wildman–Crippen MR) is 63.4 cm³/mol. The van der Waals surface area contributed by atoms with Crippen LogP contribution < -0.4 is 0 Å². The Bertz CT molecular complexity index is 491. The first-order chi connectivity index (χ1) is 8.95. The molecule has 0 spiro atoms. The Labute approximate surface area is 110 Å². The van der Waals surface area contributed by atoms with E-state index in [4.69, 9.17) is 4.52 Å². The number of ether oxygens (including phenoxy) is 1. The SMILES string of the molecule is COC(=O)C1CC(O)CN1C(=O)c1c(C)noc1C. The Balaban J connectivity index is 2.29. The van der Waals surface area contributed by atoms with Crippen LogP contribution in [0, 0.1) is 13.8 Å². The summed E-state index contributed by atoms with van der Waals surface area (Å²) in [6.07, 6.45) is -0.546. The van der Waals surface area contributed by atoms with Crippen molar-refractivity contribution in [2.45, 2.75) is 32.4 Å². The molecular weight excluding hydrogens is 252 g/mol. The maximum absolute atomic E-state index is 12.4. The summed E-state index contributed by atoms with van der Waals surface area (Å²) in [6, 6.07) is -0.763. The van der Waals surface area contributed by atoms with Gasteiger partial charge in [-0.25, -0.2) is 4.79 Å². The van der Waals surface area contributed by atoms with Crippen molar-refractivity contribution < 1.29 is 24.0 Å². The minimum Gasteiger partial charge on any atom is -0.467 e. The van der Waals surface area contributed by atoms with Crippen molar-refractivity contribution in [1.82, 2.24) is 10.1 Å². The molecule has 1 saturated heterocycles. The summed E-state index contributed by atoms with van der Waals surface area (Å²) in [6.45, 7) is 3.39. The Morgan fingerprint density at radius 2 is 2.16 bits per heavy atom. The van der Waals surface area contributed by atoms with Crippen LogP contribution in [0.5, 0.6) is 0 Å². The van der Waals surface area contributed by atoms with E-state index >= 15 is 0 Å². The fourth-order valence-electron chi connectivity index (χ4n) is 2.33. The van der Waals surface area contributed by atoms with E-state index in [0.717, 1.165) is 0 Å². The molecule has 7 heteroatoms. The summed E-state index contributed by atoms with van der Waals surface area (Å²) in [4.78, 5) is 25.4. The molecule has 1 aromatic rings. The first-order valence-electron chi connectivity index (χ1n) is 5.95. The fourth-order valence-corrected chi connectivity index (χ4v) is 2.33. The maximum atomic E-state index is 12.4. The number of nitrogens with zero attached hydrogens (tertiary/aromatic N) is 2. The highest BCUT2D eigenvalue weighted by Gasteiger charge is 2.41. The number of carbonyl (C=O) groups excluding carboxylic acids is 2. The number of aromatic nitrogens is 1. The molecule has 0 aliphatic carbocycles. The summed E-state index contributed by atoms with van der Waals surface area (Å²) in [7, 11) is 1.26. The van der Waals surface area contributed by atoms with Gasteiger partial charge >= 0.3 is 5.97 Å². The molecule has 2 atom stereocenters. The molecule has 19 heavy (non-hydrogen) atoms. The van der Waals surface area contributed by atoms with Crippen molar-refractivity contribution in [3.8, 4) is 0 Å². The molecular formula is C12H16N2O5. The van der Waals surface area contributed by atoms with E-state index in [-0.39, 0.29) is 18.9 Å². The van der Waals surface area contributed by atoms with Crippen molar-refractivity contribution in [2.24, 2.45) is 0 Å². The lowest BCUT2D eigenvalue weighted by Gasteiger charge is -2.22. The van der Waals surface area contributed by atoms with Gasteiger partial charge in [-0.3, -0.25) is 4.79 Å². The number of rotatable bonds is 2. The van der Waals surface area contributed by atoms with Gasteiger partial charge in [0.15, 0.2) is 0 Å². The molecule has 1 aliphatic heterocycles. The Morgan fingerprint density at radius 3 is 2.68 bits per heavy atom. The van der Waals surface area contributed by atoms with E-state index in [9.17, 15) is 14.7 Å². The number of aliphatic hydroxyl groups is 1. The fraction of sp³-hybridized carbons (Fsp3) is 0.583. The van der Waals surface area contributed by atoms with Gasteiger partial charge in [0.05, 0.1) is 18.9 Å². The number of likely N-dealkylation sites (tertiary alicyclic amines) is 1. The van der Waals surface area contributed by atoms with Crippen LogP contribution in [0.1, 0.15) is 28.2 Å². The van der Waals surface area contributed by atoms with E-state index in [0.29, 0.717) is 17.0 Å². The summed E-state index contributed by atoms with van der Waals surface area (Å²) < 4.78 is 9.61. The van der Waals surface area contributed by atoms with Crippen LogP contribution in [0.3, 0.4) is 0 Å². The van der Waals surface area contributed by atoms with Crippen molar-refractivity contribution in [1.29, 1.82) is 0 Å². The van der Waals surface area contributed by atoms with Crippen molar-refractivity contribution in [2.75, 3.05) is 13.7 Å². The molecule has 0 aromatic carbocycles. The Morgan fingerprint density at radius 1 is 1.47 bits per heavy atom. The molecule has 2 rings (SSSR count). The van der Waals surface area contributed by atoms with Gasteiger partial charge in [0, 0.05) is 13.0 Å². The van der Waals surface area contributed by atoms with E-state index in [2.05, 4.69) is 9.89 Å². The van der Waals surface area contributed by atoms with Gasteiger partial charge in [-0.2, -0.15) is 0 Å². The zero-order valence-electron chi connectivity index (χ0n) is 11.0. The van der Waals surface area contributed by atoms with E-state index < -0.39 is 18.1 Å². The quantitative estimate of drug-likeness (QED) is 0.761. The number of aryl methyl sites for hydroxylation is 2. The monoisotopic (exact) mass is 268 g/mol. The third kappa shape index (κ3) is 2.33. The average molecular weight is 268 g/mol. The number of methoxy groups -OCH3 is 1. The molecule has 2 unspecified atom stereocenters. The van der Waals surface area contributed by atoms with Gasteiger partial charge in [0.2, 0.25) is 0 Å². The highest BCUT2D eigenvalue weighted by molar-refractivity contribution is 5.98. The van der Waals surface area contributed by atoms with Crippen LogP contribution in [-0.2, 0) is 9.53 Å². The number of aliphatic hydroxyl groups excluding tert-OH is 1. The first-order valence-corrected chi connectivity index (χ1v) is 5.95. The second-order valence-electron chi connectivity index (χ2n) is 4.59. The number of hydrogen-bond donors (Lipinski definition) is 1. The van der Waals surface area contributed by atoms with Crippen molar-refractivity contribution in [3.63, 3.8) is 0 Å². The van der Waals surface area contributed by atoms with Crippen LogP contribution in [-0.4, -0.2) is 52.8 Å². The summed E-state index contributed by atoms with van der Waals surface area (Å²) in [5.41, 5.74) is 0.801. The minimum absolute atomic E-state index is 0.0999. The van der Waals surface area contributed by atoms with Gasteiger partial charge in [0.1, 0.15) is 17.4 Å². The number of amides is 1. The first kappa shape index (κ1) is 13.5. The second kappa shape index (κ2) is 5.00. The third-order valence-electron chi connectivity index (χ3n) is 3.26. The second-order valence-corrected chi connectivity index (χ2v) is 4.59. The molecule has 1 aromatic heterocycles. The topological polar surface area (TPSA) is 92.9 Å². The van der Waals surface area contributed by atoms with E-state index in [1.54, 1.807) is 13.8 Å². The van der Waals surface area contributed by atoms with Crippen LogP contribution in [0.25, 0.3) is 0 Å². The van der Waals surface area contributed by atoms with Crippen LogP contribution in [0.15, 0.2) is 4.52 Å². The van der Waals surface area contributed by atoms with Crippen molar-refractivity contribution >= 4 is 11.9 Å². The van der Waals surface area contributed by atoms with Crippen LogP contribution >= 0.6 is 0 Å².